The summed E-state index contributed by atoms with van der Waals surface area (Å²) in [5.41, 5.74) is 2.32. The molecule has 0 bridgehead atoms. The van der Waals surface area contributed by atoms with E-state index in [1.165, 1.54) is 18.5 Å². The maximum Gasteiger partial charge on any atom is 0.232 e. The molecule has 7 nitrogen and oxygen atoms in total. The fourth-order valence-electron chi connectivity index (χ4n) is 3.35. The van der Waals surface area contributed by atoms with E-state index >= 15 is 0 Å². The van der Waals surface area contributed by atoms with Gasteiger partial charge in [0.1, 0.15) is 18.5 Å². The molecule has 1 aromatic heterocycles. The van der Waals surface area contributed by atoms with E-state index in [1.807, 2.05) is 24.5 Å². The lowest BCUT2D eigenvalue weighted by Gasteiger charge is -2.28. The molecule has 1 atom stereocenters. The van der Waals surface area contributed by atoms with Crippen LogP contribution in [0.4, 0.5) is 11.5 Å². The van der Waals surface area contributed by atoms with Gasteiger partial charge in [-0.3, -0.25) is 10.4 Å². The van der Waals surface area contributed by atoms with Crippen molar-refractivity contribution in [3.05, 3.63) is 60.4 Å². The van der Waals surface area contributed by atoms with Gasteiger partial charge in [0.25, 0.3) is 0 Å². The summed E-state index contributed by atoms with van der Waals surface area (Å²) in [6, 6.07) is 10.2. The second kappa shape index (κ2) is 6.03. The zero-order valence-electron chi connectivity index (χ0n) is 14.6. The number of aromatic amines is 1. The van der Waals surface area contributed by atoms with E-state index < -0.39 is 0 Å². The molecule has 7 heteroatoms. The molecular formula is C19H21N6O+. The lowest BCUT2D eigenvalue weighted by Crippen LogP contribution is -3.10. The van der Waals surface area contributed by atoms with Crippen molar-refractivity contribution in [3.63, 3.8) is 0 Å². The Morgan fingerprint density at radius 2 is 2.12 bits per heavy atom. The lowest BCUT2D eigenvalue weighted by molar-refractivity contribution is -0.698. The van der Waals surface area contributed by atoms with Gasteiger partial charge in [0, 0.05) is 23.4 Å². The van der Waals surface area contributed by atoms with Crippen LogP contribution in [0.1, 0.15) is 24.5 Å². The summed E-state index contributed by atoms with van der Waals surface area (Å²) >= 11 is 0. The number of H-pyrrole nitrogens is 1. The summed E-state index contributed by atoms with van der Waals surface area (Å²) < 4.78 is 5.26. The molecule has 3 heterocycles. The van der Waals surface area contributed by atoms with E-state index in [-0.39, 0.29) is 0 Å². The second-order valence-electron chi connectivity index (χ2n) is 6.78. The van der Waals surface area contributed by atoms with Crippen LogP contribution in [-0.2, 0) is 0 Å². The van der Waals surface area contributed by atoms with Gasteiger partial charge in [0.2, 0.25) is 11.7 Å². The number of rotatable bonds is 5. The average molecular weight is 349 g/mol. The Kier molecular flexibility index (Phi) is 3.53. The largest absolute Gasteiger partial charge is 0.497 e. The molecule has 0 radical (unpaired) electrons. The molecule has 1 unspecified atom stereocenters. The topological polar surface area (TPSA) is 70.0 Å². The SMILES string of the molecule is COc1ccc(N2C=C(Nc3cc(C4CC4)[nH]n3)[NH+]3C=CN=C3C2)cc1. The molecule has 0 amide bonds. The number of amidine groups is 1. The van der Waals surface area contributed by atoms with E-state index in [9.17, 15) is 0 Å². The third-order valence-corrected chi connectivity index (χ3v) is 4.96. The van der Waals surface area contributed by atoms with Crippen LogP contribution in [0, 0.1) is 0 Å². The van der Waals surface area contributed by atoms with Crippen molar-refractivity contribution in [1.29, 1.82) is 0 Å². The summed E-state index contributed by atoms with van der Waals surface area (Å²) in [6.45, 7) is 0.744. The van der Waals surface area contributed by atoms with Crippen LogP contribution >= 0.6 is 0 Å². The Balaban J connectivity index is 1.43. The summed E-state index contributed by atoms with van der Waals surface area (Å²) in [5.74, 6) is 4.42. The van der Waals surface area contributed by atoms with Crippen molar-refractivity contribution in [2.24, 2.45) is 4.99 Å². The molecule has 0 spiro atoms. The number of fused-ring (bicyclic) bond motifs is 1. The molecule has 2 aliphatic heterocycles. The van der Waals surface area contributed by atoms with Crippen LogP contribution in [0.2, 0.25) is 0 Å². The fourth-order valence-corrected chi connectivity index (χ4v) is 3.35. The number of hydrogen-bond acceptors (Lipinski definition) is 5. The first-order valence-corrected chi connectivity index (χ1v) is 8.86. The molecule has 1 fully saturated rings. The minimum atomic E-state index is 0.658. The summed E-state index contributed by atoms with van der Waals surface area (Å²) in [5, 5.41) is 11.0. The Morgan fingerprint density at radius 1 is 1.27 bits per heavy atom. The number of ether oxygens (including phenoxy) is 1. The Morgan fingerprint density at radius 3 is 2.88 bits per heavy atom. The van der Waals surface area contributed by atoms with Crippen LogP contribution in [-0.4, -0.2) is 29.7 Å². The lowest BCUT2D eigenvalue weighted by atomic mass is 10.2. The third-order valence-electron chi connectivity index (χ3n) is 4.96. The quantitative estimate of drug-likeness (QED) is 0.770. The minimum absolute atomic E-state index is 0.658. The molecule has 3 aliphatic rings. The van der Waals surface area contributed by atoms with Crippen LogP contribution < -0.4 is 19.9 Å². The highest BCUT2D eigenvalue weighted by Gasteiger charge is 2.32. The first-order chi connectivity index (χ1) is 12.8. The van der Waals surface area contributed by atoms with Gasteiger partial charge in [-0.25, -0.2) is 9.89 Å². The monoisotopic (exact) mass is 349 g/mol. The van der Waals surface area contributed by atoms with E-state index in [0.29, 0.717) is 5.92 Å². The zero-order valence-corrected chi connectivity index (χ0v) is 14.6. The summed E-state index contributed by atoms with van der Waals surface area (Å²) in [4.78, 5) is 7.84. The maximum atomic E-state index is 5.26. The predicted octanol–water partition coefficient (Wildman–Crippen LogP) is 1.79. The molecule has 26 heavy (non-hydrogen) atoms. The van der Waals surface area contributed by atoms with E-state index in [4.69, 9.17) is 4.74 Å². The van der Waals surface area contributed by atoms with Gasteiger partial charge < -0.3 is 9.64 Å². The maximum absolute atomic E-state index is 5.26. The first kappa shape index (κ1) is 15.2. The van der Waals surface area contributed by atoms with Gasteiger partial charge in [0.15, 0.2) is 5.82 Å². The molecule has 1 aliphatic carbocycles. The summed E-state index contributed by atoms with van der Waals surface area (Å²) in [7, 11) is 1.68. The van der Waals surface area contributed by atoms with Crippen molar-refractivity contribution >= 4 is 17.3 Å². The van der Waals surface area contributed by atoms with Gasteiger partial charge in [-0.15, -0.1) is 0 Å². The number of hydrogen-bond donors (Lipinski definition) is 3. The number of benzene rings is 1. The number of quaternary nitrogens is 1. The number of aliphatic imine (C=N–C) groups is 1. The van der Waals surface area contributed by atoms with Crippen molar-refractivity contribution in [2.75, 3.05) is 23.9 Å². The highest BCUT2D eigenvalue weighted by molar-refractivity contribution is 5.84. The number of methoxy groups -OCH3 is 1. The van der Waals surface area contributed by atoms with Gasteiger partial charge in [-0.1, -0.05) is 0 Å². The predicted molar refractivity (Wildman–Crippen MR) is 100 cm³/mol. The molecule has 1 aromatic carbocycles. The number of anilines is 2. The van der Waals surface area contributed by atoms with E-state index in [0.717, 1.165) is 40.4 Å². The highest BCUT2D eigenvalue weighted by atomic mass is 16.5. The third kappa shape index (κ3) is 2.76. The smallest absolute Gasteiger partial charge is 0.232 e. The Hall–Kier alpha value is -3.06. The molecule has 3 N–H and O–H groups in total. The number of nitrogens with zero attached hydrogens (tertiary/aromatic N) is 3. The number of nitrogens with one attached hydrogen (secondary N) is 3. The van der Waals surface area contributed by atoms with Crippen LogP contribution in [0.3, 0.4) is 0 Å². The Bertz CT molecular complexity index is 906. The van der Waals surface area contributed by atoms with Crippen molar-refractivity contribution in [3.8, 4) is 5.75 Å². The molecule has 5 rings (SSSR count). The second-order valence-corrected chi connectivity index (χ2v) is 6.78. The van der Waals surface area contributed by atoms with Gasteiger partial charge in [-0.2, -0.15) is 5.10 Å². The van der Waals surface area contributed by atoms with Gasteiger partial charge in [0.05, 0.1) is 19.5 Å². The number of aromatic nitrogens is 2. The van der Waals surface area contributed by atoms with E-state index in [2.05, 4.69) is 49.8 Å². The molecular weight excluding hydrogens is 328 g/mol. The van der Waals surface area contributed by atoms with Crippen molar-refractivity contribution < 1.29 is 9.64 Å². The molecule has 1 saturated carbocycles. The van der Waals surface area contributed by atoms with Gasteiger partial charge >= 0.3 is 0 Å². The minimum Gasteiger partial charge on any atom is -0.497 e. The average Bonchev–Trinajstić information content (AvgIpc) is 3.23. The van der Waals surface area contributed by atoms with Crippen LogP contribution in [0.5, 0.6) is 5.75 Å². The first-order valence-electron chi connectivity index (χ1n) is 8.86. The van der Waals surface area contributed by atoms with Crippen molar-refractivity contribution in [2.45, 2.75) is 18.8 Å². The Labute approximate surface area is 151 Å². The normalized spacial score (nSPS) is 21.3. The zero-order chi connectivity index (χ0) is 17.5. The van der Waals surface area contributed by atoms with Gasteiger partial charge in [-0.05, 0) is 37.1 Å². The molecule has 132 valence electrons. The van der Waals surface area contributed by atoms with Crippen LogP contribution in [0.25, 0.3) is 0 Å². The standard InChI is InChI=1S/C19H20N6O/c1-26-15-6-4-14(5-7-15)24-11-18-20-8-9-25(18)19(12-24)21-17-10-16(22-23-17)13-2-3-13/h4-10,12-13H,2-3,11H2,1H3,(H2,21,22,23)/p+1. The summed E-state index contributed by atoms with van der Waals surface area (Å²) in [6.07, 6.45) is 8.54. The molecule has 2 aromatic rings. The van der Waals surface area contributed by atoms with E-state index in [1.54, 1.807) is 7.11 Å². The fraction of sp³-hybridized carbons (Fsp3) is 0.263. The highest BCUT2D eigenvalue weighted by Crippen LogP contribution is 2.39. The molecule has 0 saturated heterocycles. The van der Waals surface area contributed by atoms with Crippen LogP contribution in [0.15, 0.2) is 59.7 Å². The van der Waals surface area contributed by atoms with Crippen molar-refractivity contribution in [1.82, 2.24) is 10.2 Å².